The molecule has 2 amide bonds. The first kappa shape index (κ1) is 55.4. The summed E-state index contributed by atoms with van der Waals surface area (Å²) in [5.41, 5.74) is -5.60. The molecule has 4 fully saturated rings. The number of nitrogens with zero attached hydrogens (tertiary/aromatic N) is 3. The zero-order valence-electron chi connectivity index (χ0n) is 42.4. The van der Waals surface area contributed by atoms with Gasteiger partial charge in [-0.25, -0.2) is 4.79 Å². The molecule has 384 valence electrons. The van der Waals surface area contributed by atoms with Gasteiger partial charge in [0.1, 0.15) is 35.1 Å². The Morgan fingerprint density at radius 3 is 2.21 bits per heavy atom. The molecule has 4 aliphatic rings. The van der Waals surface area contributed by atoms with E-state index in [0.29, 0.717) is 18.8 Å². The second-order valence-electron chi connectivity index (χ2n) is 21.0. The van der Waals surface area contributed by atoms with Crippen LogP contribution >= 0.6 is 0 Å². The number of carbonyl (C=O) groups is 2. The number of likely N-dealkylation sites (N-methyl/N-ethyl adjacent to an activating group) is 2. The molecule has 5 rings (SSSR count). The third-order valence-corrected chi connectivity index (χ3v) is 15.4. The molecule has 0 radical (unpaired) electrons. The number of urea groups is 1. The highest BCUT2D eigenvalue weighted by Crippen LogP contribution is 2.44. The topological polar surface area (TPSA) is 224 Å². The van der Waals surface area contributed by atoms with Crippen LogP contribution in [0.4, 0.5) is 10.5 Å². The maximum absolute atomic E-state index is 14.6. The van der Waals surface area contributed by atoms with Crippen molar-refractivity contribution in [1.29, 1.82) is 0 Å². The smallest absolute Gasteiger partial charge is 0.321 e. The fraction of sp³-hybridized carbons (Fsp3) is 0.837. The van der Waals surface area contributed by atoms with E-state index >= 15 is 0 Å². The van der Waals surface area contributed by atoms with Crippen LogP contribution in [0.25, 0.3) is 0 Å². The van der Waals surface area contributed by atoms with Gasteiger partial charge in [0.05, 0.1) is 42.0 Å². The number of anilines is 1. The number of rotatable bonds is 10. The van der Waals surface area contributed by atoms with E-state index in [1.165, 1.54) is 11.8 Å². The molecular weight excluding hydrogens is 867 g/mol. The SMILES string of the molecule is CC[C@H]1OC(=O)[C@H](C)[C@@H](O[C@H]2C[C@@](C)(OC)[C@](O)(CN3CCN(C)CC3)[C@H](C)O2)[C@H](C)[C@@H](O[C@@H]2O[C@H](C)C[C@H](N(C)C(=O)Nc3ccccc3)[C@H]2O)[C@](C)(O)C[C@@H](C)CN[C@H](C)[C@@H](O)[C@]1(C)O. The molecule has 7 N–H and O–H groups in total. The maximum Gasteiger partial charge on any atom is 0.321 e. The molecule has 4 heterocycles. The van der Waals surface area contributed by atoms with Crippen LogP contribution in [-0.4, -0.2) is 203 Å². The van der Waals surface area contributed by atoms with Crippen LogP contribution in [0.5, 0.6) is 0 Å². The Morgan fingerprint density at radius 2 is 1.60 bits per heavy atom. The summed E-state index contributed by atoms with van der Waals surface area (Å²) in [6.45, 7) is 21.2. The van der Waals surface area contributed by atoms with Gasteiger partial charge in [-0.05, 0) is 99.4 Å². The van der Waals surface area contributed by atoms with Crippen molar-refractivity contribution in [3.63, 3.8) is 0 Å². The van der Waals surface area contributed by atoms with Gasteiger partial charge in [-0.3, -0.25) is 9.69 Å². The third-order valence-electron chi connectivity index (χ3n) is 15.4. The highest BCUT2D eigenvalue weighted by atomic mass is 16.7. The van der Waals surface area contributed by atoms with Crippen LogP contribution < -0.4 is 10.6 Å². The molecule has 4 aliphatic heterocycles. The van der Waals surface area contributed by atoms with Crippen molar-refractivity contribution in [3.8, 4) is 0 Å². The van der Waals surface area contributed by atoms with Gasteiger partial charge in [0, 0.05) is 70.9 Å². The molecule has 0 saturated carbocycles. The lowest BCUT2D eigenvalue weighted by Gasteiger charge is -2.55. The number of piperazine rings is 1. The number of aliphatic hydroxyl groups is 5. The number of hydrogen-bond donors (Lipinski definition) is 7. The fourth-order valence-electron chi connectivity index (χ4n) is 10.8. The number of hydrogen-bond acceptors (Lipinski definition) is 16. The van der Waals surface area contributed by atoms with Crippen LogP contribution in [-0.2, 0) is 33.2 Å². The molecule has 0 spiro atoms. The number of cyclic esters (lactones) is 1. The minimum Gasteiger partial charge on any atom is -0.459 e. The number of esters is 1. The molecule has 18 nitrogen and oxygen atoms in total. The Hall–Kier alpha value is -2.56. The van der Waals surface area contributed by atoms with Gasteiger partial charge in [0.2, 0.25) is 0 Å². The van der Waals surface area contributed by atoms with E-state index in [9.17, 15) is 35.1 Å². The molecule has 18 atom stereocenters. The molecule has 67 heavy (non-hydrogen) atoms. The summed E-state index contributed by atoms with van der Waals surface area (Å²) in [6, 6.07) is 7.15. The Kier molecular flexibility index (Phi) is 18.7. The second kappa shape index (κ2) is 22.7. The van der Waals surface area contributed by atoms with Crippen molar-refractivity contribution in [1.82, 2.24) is 20.0 Å². The van der Waals surface area contributed by atoms with Crippen molar-refractivity contribution in [2.45, 2.75) is 185 Å². The molecule has 0 bridgehead atoms. The lowest BCUT2D eigenvalue weighted by Crippen LogP contribution is -2.71. The monoisotopic (exact) mass is 952 g/mol. The van der Waals surface area contributed by atoms with E-state index in [-0.39, 0.29) is 31.6 Å². The van der Waals surface area contributed by atoms with Crippen LogP contribution in [0, 0.1) is 17.8 Å². The van der Waals surface area contributed by atoms with Crippen LogP contribution in [0.3, 0.4) is 0 Å². The number of carbonyl (C=O) groups excluding carboxylic acids is 2. The third kappa shape index (κ3) is 12.7. The predicted molar refractivity (Wildman–Crippen MR) is 252 cm³/mol. The molecule has 1 aromatic carbocycles. The Bertz CT molecular complexity index is 1740. The lowest BCUT2D eigenvalue weighted by molar-refractivity contribution is -0.339. The summed E-state index contributed by atoms with van der Waals surface area (Å²) in [4.78, 5) is 34.0. The number of ether oxygens (including phenoxy) is 6. The molecule has 1 aromatic rings. The van der Waals surface area contributed by atoms with Gasteiger partial charge in [-0.15, -0.1) is 0 Å². The highest BCUT2D eigenvalue weighted by Gasteiger charge is 2.59. The van der Waals surface area contributed by atoms with Gasteiger partial charge < -0.3 is 74.4 Å². The van der Waals surface area contributed by atoms with E-state index in [2.05, 4.69) is 27.5 Å². The Labute approximate surface area is 398 Å². The van der Waals surface area contributed by atoms with Crippen molar-refractivity contribution in [2.75, 3.05) is 65.8 Å². The first-order valence-electron chi connectivity index (χ1n) is 24.4. The number of nitrogens with one attached hydrogen (secondary N) is 2. The van der Waals surface area contributed by atoms with Crippen molar-refractivity contribution < 1.29 is 63.5 Å². The molecular formula is C49H85N5O13. The molecule has 0 aromatic heterocycles. The van der Waals surface area contributed by atoms with Crippen molar-refractivity contribution in [2.24, 2.45) is 17.8 Å². The standard InChI is InChI=1S/C49H85N5O13/c1-14-37-48(10,60)41(56)33(6)50-27-29(2)25-46(8,59)42(67-44-39(55)36(24-30(3)63-44)53(12)45(58)51-35-18-16-15-17-19-35)31(4)40(32(5)43(57)65-37)66-38-26-47(9,62-13)49(61,34(7)64-38)28-54-22-20-52(11)21-23-54/h15-19,29-34,36-42,44,50,55-56,59-61H,14,20-28H2,1-13H3,(H,51,58)/t29-,30-,31+,32-,33-,34+,36+,37-,38+,39-,40+,41-,42-,44+,46-,47-,48-,49+/m1/s1. The summed E-state index contributed by atoms with van der Waals surface area (Å²) in [6.07, 6.45) is -9.20. The van der Waals surface area contributed by atoms with Gasteiger partial charge >= 0.3 is 12.0 Å². The largest absolute Gasteiger partial charge is 0.459 e. The van der Waals surface area contributed by atoms with Gasteiger partial charge in [-0.2, -0.15) is 0 Å². The maximum atomic E-state index is 14.6. The summed E-state index contributed by atoms with van der Waals surface area (Å²) < 4.78 is 39.0. The van der Waals surface area contributed by atoms with E-state index in [4.69, 9.17) is 28.4 Å². The molecule has 0 aliphatic carbocycles. The minimum atomic E-state index is -1.86. The number of β-amino-alcohol motifs (C(OH)–C–C–N with tert-alkyl or cyclic N) is 1. The second-order valence-corrected chi connectivity index (χ2v) is 21.0. The van der Waals surface area contributed by atoms with E-state index in [1.807, 2.05) is 39.0 Å². The van der Waals surface area contributed by atoms with Crippen LogP contribution in [0.2, 0.25) is 0 Å². The average Bonchev–Trinajstić information content (AvgIpc) is 3.27. The number of para-hydroxylation sites is 1. The normalized spacial score (nSPS) is 43.6. The van der Waals surface area contributed by atoms with E-state index < -0.39 is 114 Å². The first-order chi connectivity index (χ1) is 31.3. The predicted octanol–water partition coefficient (Wildman–Crippen LogP) is 2.78. The zero-order chi connectivity index (χ0) is 49.8. The molecule has 18 heteroatoms. The number of methoxy groups -OCH3 is 1. The van der Waals surface area contributed by atoms with Gasteiger partial charge in [0.15, 0.2) is 12.6 Å². The lowest BCUT2D eigenvalue weighted by atomic mass is 9.74. The number of amides is 2. The summed E-state index contributed by atoms with van der Waals surface area (Å²) in [5, 5.41) is 66.9. The Balaban J connectivity index is 1.53. The fourth-order valence-corrected chi connectivity index (χ4v) is 10.8. The van der Waals surface area contributed by atoms with Crippen LogP contribution in [0.1, 0.15) is 94.9 Å². The van der Waals surface area contributed by atoms with Crippen molar-refractivity contribution in [3.05, 3.63) is 30.3 Å². The first-order valence-corrected chi connectivity index (χ1v) is 24.4. The van der Waals surface area contributed by atoms with Gasteiger partial charge in [0.25, 0.3) is 0 Å². The van der Waals surface area contributed by atoms with E-state index in [0.717, 1.165) is 26.2 Å². The number of aliphatic hydroxyl groups excluding tert-OH is 2. The quantitative estimate of drug-likeness (QED) is 0.168. The summed E-state index contributed by atoms with van der Waals surface area (Å²) in [5.74, 6) is -2.96. The zero-order valence-corrected chi connectivity index (χ0v) is 42.4. The Morgan fingerprint density at radius 1 is 0.955 bits per heavy atom. The highest BCUT2D eigenvalue weighted by molar-refractivity contribution is 5.89. The molecule has 4 saturated heterocycles. The minimum absolute atomic E-state index is 0.0606. The van der Waals surface area contributed by atoms with E-state index in [1.54, 1.807) is 67.8 Å². The van der Waals surface area contributed by atoms with Gasteiger partial charge in [-0.1, -0.05) is 39.0 Å². The van der Waals surface area contributed by atoms with Crippen LogP contribution in [0.15, 0.2) is 30.3 Å². The number of benzene rings is 1. The summed E-state index contributed by atoms with van der Waals surface area (Å²) >= 11 is 0. The average molecular weight is 952 g/mol. The van der Waals surface area contributed by atoms with Crippen molar-refractivity contribution >= 4 is 17.7 Å². The summed E-state index contributed by atoms with van der Waals surface area (Å²) in [7, 11) is 5.21. The molecule has 0 unspecified atom stereocenters.